The number of benzene rings is 1. The Morgan fingerprint density at radius 1 is 1.14 bits per heavy atom. The lowest BCUT2D eigenvalue weighted by Gasteiger charge is -2.25. The van der Waals surface area contributed by atoms with Crippen molar-refractivity contribution in [2.75, 3.05) is 13.1 Å². The van der Waals surface area contributed by atoms with E-state index in [1.54, 1.807) is 18.2 Å². The van der Waals surface area contributed by atoms with Crippen molar-refractivity contribution in [2.45, 2.75) is 10.6 Å². The van der Waals surface area contributed by atoms with Gasteiger partial charge in [0.2, 0.25) is 0 Å². The second kappa shape index (κ2) is 6.12. The first-order chi connectivity index (χ1) is 10.5. The average Bonchev–Trinajstić information content (AvgIpc) is 2.96. The molecule has 0 spiro atoms. The molecule has 0 saturated carbocycles. The fourth-order valence-electron chi connectivity index (χ4n) is 2.36. The lowest BCUT2D eigenvalue weighted by Crippen LogP contribution is -2.34. The highest BCUT2D eigenvalue weighted by molar-refractivity contribution is 7.91. The van der Waals surface area contributed by atoms with Crippen LogP contribution in [-0.2, 0) is 10.0 Å². The largest absolute Gasteiger partial charge is 0.252 e. The Balaban J connectivity index is 1.79. The van der Waals surface area contributed by atoms with E-state index < -0.39 is 10.0 Å². The van der Waals surface area contributed by atoms with Crippen LogP contribution < -0.4 is 0 Å². The first-order valence-electron chi connectivity index (χ1n) is 6.67. The van der Waals surface area contributed by atoms with E-state index in [0.29, 0.717) is 23.8 Å². The van der Waals surface area contributed by atoms with E-state index in [1.165, 1.54) is 22.5 Å². The molecule has 0 N–H and O–H groups in total. The third-order valence-corrected chi connectivity index (χ3v) is 7.09. The highest BCUT2D eigenvalue weighted by atomic mass is 35.5. The maximum atomic E-state index is 12.9. The molecule has 7 heteroatoms. The molecule has 0 aliphatic carbocycles. The van der Waals surface area contributed by atoms with E-state index >= 15 is 0 Å². The van der Waals surface area contributed by atoms with Crippen LogP contribution in [0.2, 0.25) is 4.34 Å². The zero-order chi connectivity index (χ0) is 15.7. The lowest BCUT2D eigenvalue weighted by molar-refractivity contribution is 0.442. The molecule has 0 fully saturated rings. The molecule has 0 atom stereocenters. The molecule has 0 unspecified atom stereocenters. The van der Waals surface area contributed by atoms with Crippen LogP contribution in [0.4, 0.5) is 4.39 Å². The Morgan fingerprint density at radius 2 is 1.86 bits per heavy atom. The van der Waals surface area contributed by atoms with E-state index in [1.807, 2.05) is 6.08 Å². The molecular weight excluding hydrogens is 345 g/mol. The summed E-state index contributed by atoms with van der Waals surface area (Å²) in [5.74, 6) is -0.279. The Labute approximate surface area is 137 Å². The van der Waals surface area contributed by atoms with Crippen molar-refractivity contribution >= 4 is 38.5 Å². The van der Waals surface area contributed by atoms with E-state index in [-0.39, 0.29) is 10.0 Å². The van der Waals surface area contributed by atoms with E-state index in [4.69, 9.17) is 11.6 Å². The van der Waals surface area contributed by atoms with E-state index in [0.717, 1.165) is 22.5 Å². The maximum absolute atomic E-state index is 12.9. The summed E-state index contributed by atoms with van der Waals surface area (Å²) in [4.78, 5) is 0. The van der Waals surface area contributed by atoms with Crippen molar-refractivity contribution in [1.82, 2.24) is 4.31 Å². The molecule has 2 heterocycles. The van der Waals surface area contributed by atoms with Gasteiger partial charge >= 0.3 is 0 Å². The quantitative estimate of drug-likeness (QED) is 0.832. The van der Waals surface area contributed by atoms with Gasteiger partial charge in [0.1, 0.15) is 10.0 Å². The van der Waals surface area contributed by atoms with E-state index in [2.05, 4.69) is 0 Å². The molecule has 2 aromatic rings. The minimum Gasteiger partial charge on any atom is -0.207 e. The minimum absolute atomic E-state index is 0.260. The molecule has 1 aliphatic rings. The molecule has 116 valence electrons. The second-order valence-corrected chi connectivity index (χ2v) is 8.79. The molecular formula is C15H13ClFNO2S2. The monoisotopic (exact) mass is 357 g/mol. The van der Waals surface area contributed by atoms with Gasteiger partial charge in [-0.2, -0.15) is 4.31 Å². The van der Waals surface area contributed by atoms with Crippen LogP contribution in [0, 0.1) is 5.82 Å². The summed E-state index contributed by atoms with van der Waals surface area (Å²) < 4.78 is 40.1. The molecule has 0 amide bonds. The number of thiophene rings is 1. The van der Waals surface area contributed by atoms with Gasteiger partial charge in [0.25, 0.3) is 10.0 Å². The molecule has 0 radical (unpaired) electrons. The summed E-state index contributed by atoms with van der Waals surface area (Å²) in [6, 6.07) is 9.36. The first-order valence-corrected chi connectivity index (χ1v) is 9.31. The van der Waals surface area contributed by atoms with Crippen LogP contribution in [0.3, 0.4) is 0 Å². The molecule has 1 aromatic heterocycles. The van der Waals surface area contributed by atoms with Crippen molar-refractivity contribution < 1.29 is 12.8 Å². The van der Waals surface area contributed by atoms with Crippen molar-refractivity contribution in [3.63, 3.8) is 0 Å². The molecule has 3 nitrogen and oxygen atoms in total. The third kappa shape index (κ3) is 3.10. The van der Waals surface area contributed by atoms with Gasteiger partial charge in [-0.15, -0.1) is 11.3 Å². The Morgan fingerprint density at radius 3 is 2.41 bits per heavy atom. The summed E-state index contributed by atoms with van der Waals surface area (Å²) in [6.07, 6.45) is 2.48. The Hall–Kier alpha value is -1.21. The van der Waals surface area contributed by atoms with Crippen molar-refractivity contribution in [2.24, 2.45) is 0 Å². The van der Waals surface area contributed by atoms with Crippen molar-refractivity contribution in [3.05, 3.63) is 58.2 Å². The highest BCUT2D eigenvalue weighted by Crippen LogP contribution is 2.31. The third-order valence-electron chi connectivity index (χ3n) is 3.53. The van der Waals surface area contributed by atoms with Crippen molar-refractivity contribution in [1.29, 1.82) is 0 Å². The number of halogens is 2. The van der Waals surface area contributed by atoms with Gasteiger partial charge in [0, 0.05) is 13.1 Å². The maximum Gasteiger partial charge on any atom is 0.252 e. The molecule has 3 rings (SSSR count). The summed E-state index contributed by atoms with van der Waals surface area (Å²) in [5, 5.41) is 0. The molecule has 1 aliphatic heterocycles. The number of hydrogen-bond donors (Lipinski definition) is 0. The highest BCUT2D eigenvalue weighted by Gasteiger charge is 2.27. The SMILES string of the molecule is O=S(=O)(c1ccc(Cl)s1)N1CC=C(c2ccc(F)cc2)CC1. The van der Waals surface area contributed by atoms with Gasteiger partial charge in [-0.1, -0.05) is 29.8 Å². The van der Waals surface area contributed by atoms with E-state index in [9.17, 15) is 12.8 Å². The normalized spacial score (nSPS) is 16.5. The van der Waals surface area contributed by atoms with Gasteiger partial charge in [-0.3, -0.25) is 0 Å². The van der Waals surface area contributed by atoms with Crippen LogP contribution in [0.5, 0.6) is 0 Å². The van der Waals surface area contributed by atoms with Crippen molar-refractivity contribution in [3.8, 4) is 0 Å². The average molecular weight is 358 g/mol. The topological polar surface area (TPSA) is 37.4 Å². The Kier molecular flexibility index (Phi) is 4.36. The lowest BCUT2D eigenvalue weighted by atomic mass is 10.0. The van der Waals surface area contributed by atoms with Crippen LogP contribution in [0.15, 0.2) is 46.7 Å². The zero-order valence-corrected chi connectivity index (χ0v) is 13.9. The molecule has 22 heavy (non-hydrogen) atoms. The summed E-state index contributed by atoms with van der Waals surface area (Å²) in [6.45, 7) is 0.714. The minimum atomic E-state index is -3.49. The summed E-state index contributed by atoms with van der Waals surface area (Å²) >= 11 is 6.87. The van der Waals surface area contributed by atoms with Crippen LogP contribution >= 0.6 is 22.9 Å². The predicted octanol–water partition coefficient (Wildman–Crippen LogP) is 4.02. The standard InChI is InChI=1S/C15H13ClFNO2S2/c16-14-5-6-15(21-14)22(19,20)18-9-7-12(8-10-18)11-1-3-13(17)4-2-11/h1-7H,8-10H2. The van der Waals surface area contributed by atoms with Gasteiger partial charge in [0.05, 0.1) is 4.34 Å². The number of nitrogens with zero attached hydrogens (tertiary/aromatic N) is 1. The number of sulfonamides is 1. The van der Waals surface area contributed by atoms with Crippen LogP contribution in [0.25, 0.3) is 5.57 Å². The smallest absolute Gasteiger partial charge is 0.207 e. The molecule has 0 bridgehead atoms. The zero-order valence-electron chi connectivity index (χ0n) is 11.5. The Bertz CT molecular complexity index is 812. The van der Waals surface area contributed by atoms with Gasteiger partial charge < -0.3 is 0 Å². The molecule has 0 saturated heterocycles. The van der Waals surface area contributed by atoms with Gasteiger partial charge in [-0.25, -0.2) is 12.8 Å². The second-order valence-electron chi connectivity index (χ2n) is 4.91. The summed E-state index contributed by atoms with van der Waals surface area (Å²) in [5.41, 5.74) is 1.97. The van der Waals surface area contributed by atoms with Crippen LogP contribution in [0.1, 0.15) is 12.0 Å². The number of hydrogen-bond acceptors (Lipinski definition) is 3. The fourth-order valence-corrected chi connectivity index (χ4v) is 5.38. The van der Waals surface area contributed by atoms with Gasteiger partial charge in [-0.05, 0) is 41.8 Å². The first kappa shape index (κ1) is 15.7. The molecule has 1 aromatic carbocycles. The summed E-state index contributed by atoms with van der Waals surface area (Å²) in [7, 11) is -3.49. The number of rotatable bonds is 3. The predicted molar refractivity (Wildman–Crippen MR) is 87.1 cm³/mol. The van der Waals surface area contributed by atoms with Crippen LogP contribution in [-0.4, -0.2) is 25.8 Å². The van der Waals surface area contributed by atoms with Gasteiger partial charge in [0.15, 0.2) is 0 Å². The fraction of sp³-hybridized carbons (Fsp3) is 0.200.